The molecule has 6 heteroatoms. The van der Waals surface area contributed by atoms with Crippen LogP contribution in [0.25, 0.3) is 11.2 Å². The Hall–Kier alpha value is -1.79. The molecule has 0 radical (unpaired) electrons. The van der Waals surface area contributed by atoms with Crippen molar-refractivity contribution < 1.29 is 0 Å². The Kier molecular flexibility index (Phi) is 4.58. The first kappa shape index (κ1) is 15.7. The van der Waals surface area contributed by atoms with Gasteiger partial charge in [0.05, 0.1) is 0 Å². The topological polar surface area (TPSA) is 48.4 Å². The zero-order valence-electron chi connectivity index (χ0n) is 14.4. The van der Waals surface area contributed by atoms with Crippen LogP contribution in [0.4, 0.5) is 5.82 Å². The first-order chi connectivity index (χ1) is 11.8. The third-order valence-electron chi connectivity index (χ3n) is 5.37. The second-order valence-corrected chi connectivity index (χ2v) is 7.10. The molecule has 0 amide bonds. The van der Waals surface area contributed by atoms with Crippen molar-refractivity contribution in [1.29, 1.82) is 0 Å². The van der Waals surface area contributed by atoms with E-state index >= 15 is 0 Å². The molecular weight excluding hydrogens is 300 g/mol. The summed E-state index contributed by atoms with van der Waals surface area (Å²) in [5, 5.41) is 0. The van der Waals surface area contributed by atoms with E-state index < -0.39 is 0 Å². The number of aromatic nitrogens is 3. The number of fused-ring (bicyclic) bond motifs is 1. The number of piperazine rings is 1. The molecule has 4 rings (SSSR count). The highest BCUT2D eigenvalue weighted by Gasteiger charge is 2.23. The van der Waals surface area contributed by atoms with Gasteiger partial charge in [-0.25, -0.2) is 9.97 Å². The highest BCUT2D eigenvalue weighted by Crippen LogP contribution is 2.24. The van der Waals surface area contributed by atoms with Crippen LogP contribution >= 0.6 is 0 Å². The molecule has 2 aliphatic heterocycles. The maximum absolute atomic E-state index is 4.68. The van der Waals surface area contributed by atoms with Gasteiger partial charge in [0.15, 0.2) is 5.65 Å². The molecule has 0 bridgehead atoms. The number of nitrogens with zero attached hydrogens (tertiary/aromatic N) is 6. The first-order valence-electron chi connectivity index (χ1n) is 9.01. The van der Waals surface area contributed by atoms with Gasteiger partial charge in [-0.15, -0.1) is 0 Å². The van der Waals surface area contributed by atoms with E-state index in [4.69, 9.17) is 0 Å². The van der Waals surface area contributed by atoms with E-state index in [1.54, 1.807) is 12.4 Å². The highest BCUT2D eigenvalue weighted by atomic mass is 15.2. The smallest absolute Gasteiger partial charge is 0.180 e. The van der Waals surface area contributed by atoms with Crippen molar-refractivity contribution in [2.45, 2.75) is 12.8 Å². The van der Waals surface area contributed by atoms with E-state index in [0.717, 1.165) is 36.0 Å². The number of anilines is 1. The molecule has 0 N–H and O–H groups in total. The quantitative estimate of drug-likeness (QED) is 0.852. The molecule has 6 nitrogen and oxygen atoms in total. The summed E-state index contributed by atoms with van der Waals surface area (Å²) in [6.07, 6.45) is 5.94. The fourth-order valence-corrected chi connectivity index (χ4v) is 3.76. The summed E-state index contributed by atoms with van der Waals surface area (Å²) in [4.78, 5) is 20.8. The van der Waals surface area contributed by atoms with Crippen LogP contribution in [0.5, 0.6) is 0 Å². The third-order valence-corrected chi connectivity index (χ3v) is 5.37. The van der Waals surface area contributed by atoms with E-state index in [1.165, 1.54) is 45.6 Å². The average Bonchev–Trinajstić information content (AvgIpc) is 2.64. The minimum Gasteiger partial charge on any atom is -0.357 e. The van der Waals surface area contributed by atoms with Crippen molar-refractivity contribution in [2.75, 3.05) is 57.8 Å². The normalized spacial score (nSPS) is 21.5. The molecule has 0 spiro atoms. The van der Waals surface area contributed by atoms with Crippen molar-refractivity contribution in [3.63, 3.8) is 0 Å². The maximum Gasteiger partial charge on any atom is 0.180 e. The van der Waals surface area contributed by atoms with Gasteiger partial charge in [0.2, 0.25) is 0 Å². The fourth-order valence-electron chi connectivity index (χ4n) is 3.76. The van der Waals surface area contributed by atoms with Crippen LogP contribution in [0.1, 0.15) is 12.8 Å². The molecule has 4 heterocycles. The lowest BCUT2D eigenvalue weighted by molar-refractivity contribution is 0.129. The zero-order chi connectivity index (χ0) is 16.4. The molecule has 2 aromatic rings. The average molecular weight is 326 g/mol. The summed E-state index contributed by atoms with van der Waals surface area (Å²) in [5.41, 5.74) is 1.61. The van der Waals surface area contributed by atoms with Crippen LogP contribution in [0.3, 0.4) is 0 Å². The van der Waals surface area contributed by atoms with Gasteiger partial charge < -0.3 is 14.7 Å². The Morgan fingerprint density at radius 2 is 1.71 bits per heavy atom. The van der Waals surface area contributed by atoms with Gasteiger partial charge in [0, 0.05) is 58.2 Å². The molecule has 0 saturated carbocycles. The minimum absolute atomic E-state index is 0.745. The van der Waals surface area contributed by atoms with E-state index in [9.17, 15) is 0 Å². The van der Waals surface area contributed by atoms with Crippen molar-refractivity contribution in [2.24, 2.45) is 5.92 Å². The van der Waals surface area contributed by atoms with Gasteiger partial charge in [-0.2, -0.15) is 0 Å². The van der Waals surface area contributed by atoms with Gasteiger partial charge in [-0.3, -0.25) is 4.98 Å². The van der Waals surface area contributed by atoms with E-state index in [0.29, 0.717) is 0 Å². The monoisotopic (exact) mass is 326 g/mol. The summed E-state index contributed by atoms with van der Waals surface area (Å²) in [5.74, 6) is 1.87. The minimum atomic E-state index is 0.745. The third kappa shape index (κ3) is 3.49. The van der Waals surface area contributed by atoms with Crippen molar-refractivity contribution >= 4 is 17.0 Å². The van der Waals surface area contributed by atoms with Crippen LogP contribution in [-0.4, -0.2) is 77.6 Å². The van der Waals surface area contributed by atoms with Crippen LogP contribution in [0, 0.1) is 5.92 Å². The SMILES string of the molecule is CN1CCN(CC2CCN(c3ccc4nccnc4n3)CC2)CC1. The van der Waals surface area contributed by atoms with E-state index in [-0.39, 0.29) is 0 Å². The number of likely N-dealkylation sites (N-methyl/N-ethyl adjacent to an activating group) is 1. The van der Waals surface area contributed by atoms with Gasteiger partial charge in [0.25, 0.3) is 0 Å². The molecule has 2 aromatic heterocycles. The lowest BCUT2D eigenvalue weighted by Crippen LogP contribution is -2.47. The van der Waals surface area contributed by atoms with E-state index in [2.05, 4.69) is 42.8 Å². The predicted octanol–water partition coefficient (Wildman–Crippen LogP) is 1.49. The first-order valence-corrected chi connectivity index (χ1v) is 9.01. The molecule has 0 aromatic carbocycles. The van der Waals surface area contributed by atoms with Gasteiger partial charge in [-0.05, 0) is 37.9 Å². The van der Waals surface area contributed by atoms with Crippen LogP contribution < -0.4 is 4.90 Å². The highest BCUT2D eigenvalue weighted by molar-refractivity contribution is 5.71. The molecule has 2 fully saturated rings. The number of piperidine rings is 1. The summed E-state index contributed by atoms with van der Waals surface area (Å²) >= 11 is 0. The number of rotatable bonds is 3. The van der Waals surface area contributed by atoms with Crippen molar-refractivity contribution in [1.82, 2.24) is 24.8 Å². The lowest BCUT2D eigenvalue weighted by atomic mass is 9.96. The Bertz CT molecular complexity index is 674. The van der Waals surface area contributed by atoms with E-state index in [1.807, 2.05) is 6.07 Å². The molecule has 24 heavy (non-hydrogen) atoms. The molecule has 0 aliphatic carbocycles. The predicted molar refractivity (Wildman–Crippen MR) is 96.2 cm³/mol. The molecule has 2 aliphatic rings. The standard InChI is InChI=1S/C18H26N6/c1-22-10-12-23(13-11-22)14-15-4-8-24(9-5-15)17-3-2-16-18(21-17)20-7-6-19-16/h2-3,6-7,15H,4-5,8-14H2,1H3. The molecular formula is C18H26N6. The number of hydrogen-bond donors (Lipinski definition) is 0. The molecule has 2 saturated heterocycles. The Morgan fingerprint density at radius 1 is 0.958 bits per heavy atom. The Morgan fingerprint density at radius 3 is 2.50 bits per heavy atom. The summed E-state index contributed by atoms with van der Waals surface area (Å²) in [6, 6.07) is 4.11. The second-order valence-electron chi connectivity index (χ2n) is 7.10. The van der Waals surface area contributed by atoms with Crippen LogP contribution in [0.2, 0.25) is 0 Å². The summed E-state index contributed by atoms with van der Waals surface area (Å²) in [7, 11) is 2.22. The summed E-state index contributed by atoms with van der Waals surface area (Å²) < 4.78 is 0. The maximum atomic E-state index is 4.68. The van der Waals surface area contributed by atoms with Gasteiger partial charge in [0.1, 0.15) is 11.3 Å². The van der Waals surface area contributed by atoms with Crippen molar-refractivity contribution in [3.8, 4) is 0 Å². The second kappa shape index (κ2) is 6.99. The van der Waals surface area contributed by atoms with Crippen molar-refractivity contribution in [3.05, 3.63) is 24.5 Å². The fraction of sp³-hybridized carbons (Fsp3) is 0.611. The summed E-state index contributed by atoms with van der Waals surface area (Å²) in [6.45, 7) is 8.32. The Labute approximate surface area is 143 Å². The molecule has 0 unspecified atom stereocenters. The molecule has 128 valence electrons. The van der Waals surface area contributed by atoms with Crippen LogP contribution in [-0.2, 0) is 0 Å². The number of hydrogen-bond acceptors (Lipinski definition) is 6. The zero-order valence-corrected chi connectivity index (χ0v) is 14.4. The Balaban J connectivity index is 1.33. The number of pyridine rings is 1. The van der Waals surface area contributed by atoms with Gasteiger partial charge >= 0.3 is 0 Å². The van der Waals surface area contributed by atoms with Gasteiger partial charge in [-0.1, -0.05) is 0 Å². The molecule has 0 atom stereocenters. The largest absolute Gasteiger partial charge is 0.357 e. The lowest BCUT2D eigenvalue weighted by Gasteiger charge is -2.38. The van der Waals surface area contributed by atoms with Crippen LogP contribution in [0.15, 0.2) is 24.5 Å².